The lowest BCUT2D eigenvalue weighted by atomic mass is 10.1. The van der Waals surface area contributed by atoms with Gasteiger partial charge in [-0.15, -0.1) is 0 Å². The van der Waals surface area contributed by atoms with Crippen molar-refractivity contribution >= 4 is 37.7 Å². The van der Waals surface area contributed by atoms with Gasteiger partial charge in [0, 0.05) is 27.3 Å². The molecule has 0 spiro atoms. The molecule has 0 fully saturated rings. The van der Waals surface area contributed by atoms with E-state index in [1.54, 1.807) is 0 Å². The summed E-state index contributed by atoms with van der Waals surface area (Å²) < 4.78 is 3.71. The van der Waals surface area contributed by atoms with Crippen molar-refractivity contribution < 1.29 is 0 Å². The number of nitrogens with zero attached hydrogens (tertiary/aromatic N) is 1. The van der Waals surface area contributed by atoms with E-state index in [1.807, 2.05) is 0 Å². The lowest BCUT2D eigenvalue weighted by Crippen LogP contribution is -1.97. The molecule has 1 heterocycles. The summed E-state index contributed by atoms with van der Waals surface area (Å²) in [5, 5.41) is 2.72. The van der Waals surface area contributed by atoms with Gasteiger partial charge in [-0.25, -0.2) is 0 Å². The molecular weight excluding hydrogens is 358 g/mol. The van der Waals surface area contributed by atoms with Crippen LogP contribution in [-0.4, -0.2) is 4.57 Å². The van der Waals surface area contributed by atoms with Crippen molar-refractivity contribution in [3.8, 4) is 0 Å². The van der Waals surface area contributed by atoms with E-state index in [0.717, 1.165) is 6.54 Å². The van der Waals surface area contributed by atoms with Gasteiger partial charge in [0.2, 0.25) is 0 Å². The summed E-state index contributed by atoms with van der Waals surface area (Å²) in [5.74, 6) is 0. The number of rotatable bonds is 9. The molecule has 0 unspecified atom stereocenters. The molecule has 0 bridgehead atoms. The third-order valence-corrected chi connectivity index (χ3v) is 5.64. The van der Waals surface area contributed by atoms with Crippen LogP contribution in [0, 0.1) is 0 Å². The number of hydrogen-bond acceptors (Lipinski definition) is 0. The molecule has 24 heavy (non-hydrogen) atoms. The average molecular weight is 386 g/mol. The van der Waals surface area contributed by atoms with Crippen LogP contribution in [0.25, 0.3) is 21.8 Å². The van der Waals surface area contributed by atoms with Crippen LogP contribution in [0.1, 0.15) is 58.3 Å². The number of halogens is 1. The zero-order valence-corrected chi connectivity index (χ0v) is 16.3. The summed E-state index contributed by atoms with van der Waals surface area (Å²) in [5.41, 5.74) is 2.72. The van der Waals surface area contributed by atoms with Crippen LogP contribution in [0.3, 0.4) is 0 Å². The first kappa shape index (κ1) is 17.5. The van der Waals surface area contributed by atoms with Gasteiger partial charge >= 0.3 is 0 Å². The van der Waals surface area contributed by atoms with E-state index in [4.69, 9.17) is 0 Å². The van der Waals surface area contributed by atoms with Gasteiger partial charge in [-0.2, -0.15) is 0 Å². The van der Waals surface area contributed by atoms with E-state index in [9.17, 15) is 0 Å². The predicted molar refractivity (Wildman–Crippen MR) is 110 cm³/mol. The topological polar surface area (TPSA) is 4.93 Å². The van der Waals surface area contributed by atoms with Crippen molar-refractivity contribution in [1.82, 2.24) is 4.57 Å². The first-order valence-corrected chi connectivity index (χ1v) is 10.3. The van der Waals surface area contributed by atoms with Crippen LogP contribution in [0.5, 0.6) is 0 Å². The maximum Gasteiger partial charge on any atom is 0.0502 e. The Hall–Kier alpha value is -1.28. The highest BCUT2D eigenvalue weighted by molar-refractivity contribution is 9.10. The van der Waals surface area contributed by atoms with Crippen LogP contribution >= 0.6 is 15.9 Å². The van der Waals surface area contributed by atoms with Crippen LogP contribution in [0.2, 0.25) is 0 Å². The van der Waals surface area contributed by atoms with Crippen molar-refractivity contribution in [3.63, 3.8) is 0 Å². The average Bonchev–Trinajstić information content (AvgIpc) is 2.92. The number of fused-ring (bicyclic) bond motifs is 3. The molecule has 0 atom stereocenters. The molecule has 3 aromatic rings. The van der Waals surface area contributed by atoms with Crippen LogP contribution in [0.4, 0.5) is 0 Å². The van der Waals surface area contributed by atoms with Gasteiger partial charge in [0.05, 0.1) is 5.52 Å². The molecular formula is C22H28BrN. The summed E-state index contributed by atoms with van der Waals surface area (Å²) in [6.07, 6.45) is 11.0. The van der Waals surface area contributed by atoms with Crippen molar-refractivity contribution in [2.75, 3.05) is 0 Å². The van der Waals surface area contributed by atoms with E-state index >= 15 is 0 Å². The molecule has 0 aliphatic carbocycles. The van der Waals surface area contributed by atoms with Gasteiger partial charge < -0.3 is 4.57 Å². The van der Waals surface area contributed by atoms with E-state index in [2.05, 4.69) is 69.9 Å². The standard InChI is InChI=1S/C22H28BrN/c1-2-3-4-5-6-7-8-11-17-24-20-15-10-9-13-18(20)22-19(23)14-12-16-21(22)24/h9-10,12-16H,2-8,11,17H2,1H3. The highest BCUT2D eigenvalue weighted by Gasteiger charge is 2.11. The van der Waals surface area contributed by atoms with Crippen LogP contribution < -0.4 is 0 Å². The Morgan fingerprint density at radius 2 is 1.42 bits per heavy atom. The number of aryl methyl sites for hydroxylation is 1. The van der Waals surface area contributed by atoms with Crippen molar-refractivity contribution in [2.45, 2.75) is 64.8 Å². The summed E-state index contributed by atoms with van der Waals surface area (Å²) in [4.78, 5) is 0. The minimum atomic E-state index is 1.12. The minimum absolute atomic E-state index is 1.12. The first-order chi connectivity index (χ1) is 11.8. The largest absolute Gasteiger partial charge is 0.340 e. The molecule has 1 nitrogen and oxygen atoms in total. The Bertz CT molecular complexity index is 787. The van der Waals surface area contributed by atoms with Gasteiger partial charge in [-0.3, -0.25) is 0 Å². The number of benzene rings is 2. The quantitative estimate of drug-likeness (QED) is 0.332. The monoisotopic (exact) mass is 385 g/mol. The number of aromatic nitrogens is 1. The van der Waals surface area contributed by atoms with Gasteiger partial charge in [-0.05, 0) is 24.6 Å². The molecule has 3 rings (SSSR count). The van der Waals surface area contributed by atoms with E-state index in [1.165, 1.54) is 77.6 Å². The maximum absolute atomic E-state index is 3.74. The lowest BCUT2D eigenvalue weighted by Gasteiger charge is -2.08. The summed E-state index contributed by atoms with van der Waals surface area (Å²) in [7, 11) is 0. The smallest absolute Gasteiger partial charge is 0.0502 e. The Balaban J connectivity index is 1.67. The van der Waals surface area contributed by atoms with E-state index < -0.39 is 0 Å². The molecule has 0 aliphatic rings. The number of unbranched alkanes of at least 4 members (excludes halogenated alkanes) is 7. The molecule has 0 N–H and O–H groups in total. The summed E-state index contributed by atoms with van der Waals surface area (Å²) >= 11 is 3.74. The fourth-order valence-electron chi connectivity index (χ4n) is 3.70. The SMILES string of the molecule is CCCCCCCCCCn1c2ccccc2c2c(Br)cccc21. The van der Waals surface area contributed by atoms with Gasteiger partial charge in [-0.1, -0.05) is 92.1 Å². The van der Waals surface area contributed by atoms with Crippen molar-refractivity contribution in [3.05, 3.63) is 46.9 Å². The minimum Gasteiger partial charge on any atom is -0.340 e. The Labute approximate surface area is 154 Å². The van der Waals surface area contributed by atoms with Crippen LogP contribution in [0.15, 0.2) is 46.9 Å². The van der Waals surface area contributed by atoms with E-state index in [-0.39, 0.29) is 0 Å². The molecule has 2 aromatic carbocycles. The zero-order valence-electron chi connectivity index (χ0n) is 14.7. The second-order valence-corrected chi connectivity index (χ2v) is 7.63. The third-order valence-electron chi connectivity index (χ3n) is 4.98. The van der Waals surface area contributed by atoms with Gasteiger partial charge in [0.25, 0.3) is 0 Å². The molecule has 0 saturated carbocycles. The molecule has 0 saturated heterocycles. The normalized spacial score (nSPS) is 11.6. The molecule has 128 valence electrons. The molecule has 0 aliphatic heterocycles. The Kier molecular flexibility index (Phi) is 6.37. The van der Waals surface area contributed by atoms with Crippen molar-refractivity contribution in [1.29, 1.82) is 0 Å². The molecule has 0 amide bonds. The molecule has 2 heteroatoms. The second-order valence-electron chi connectivity index (χ2n) is 6.78. The predicted octanol–water partition coefficient (Wildman–Crippen LogP) is 7.70. The summed E-state index contributed by atoms with van der Waals surface area (Å²) in [6.45, 7) is 3.40. The maximum atomic E-state index is 3.74. The lowest BCUT2D eigenvalue weighted by molar-refractivity contribution is 0.553. The van der Waals surface area contributed by atoms with Gasteiger partial charge in [0.1, 0.15) is 0 Å². The Morgan fingerprint density at radius 3 is 2.21 bits per heavy atom. The zero-order chi connectivity index (χ0) is 16.8. The highest BCUT2D eigenvalue weighted by atomic mass is 79.9. The number of hydrogen-bond donors (Lipinski definition) is 0. The fourth-order valence-corrected chi connectivity index (χ4v) is 4.27. The fraction of sp³-hybridized carbons (Fsp3) is 0.455. The summed E-state index contributed by atoms with van der Waals surface area (Å²) in [6, 6.07) is 15.3. The van der Waals surface area contributed by atoms with Crippen LogP contribution in [-0.2, 0) is 6.54 Å². The van der Waals surface area contributed by atoms with E-state index in [0.29, 0.717) is 0 Å². The first-order valence-electron chi connectivity index (χ1n) is 9.48. The third kappa shape index (κ3) is 3.85. The molecule has 0 radical (unpaired) electrons. The molecule has 1 aromatic heterocycles. The second kappa shape index (κ2) is 8.71. The number of para-hydroxylation sites is 1. The van der Waals surface area contributed by atoms with Gasteiger partial charge in [0.15, 0.2) is 0 Å². The highest BCUT2D eigenvalue weighted by Crippen LogP contribution is 2.34. The van der Waals surface area contributed by atoms with Crippen molar-refractivity contribution in [2.24, 2.45) is 0 Å². The Morgan fingerprint density at radius 1 is 0.750 bits per heavy atom.